The Hall–Kier alpha value is -1.35. The summed E-state index contributed by atoms with van der Waals surface area (Å²) in [5.74, 6) is 0.193. The number of fused-ring (bicyclic) bond motifs is 1. The molecule has 19 heavy (non-hydrogen) atoms. The molecule has 3 heteroatoms. The number of unbranched alkanes of at least 4 members (excludes halogenated alkanes) is 1. The quantitative estimate of drug-likeness (QED) is 0.881. The van der Waals surface area contributed by atoms with E-state index < -0.39 is 0 Å². The number of nitrogens with one attached hydrogen (secondary N) is 1. The minimum absolute atomic E-state index is 0.159. The fourth-order valence-corrected chi connectivity index (χ4v) is 2.73. The van der Waals surface area contributed by atoms with Gasteiger partial charge in [-0.15, -0.1) is 0 Å². The molecule has 0 saturated heterocycles. The van der Waals surface area contributed by atoms with Crippen LogP contribution in [0.1, 0.15) is 51.1 Å². The van der Waals surface area contributed by atoms with Crippen molar-refractivity contribution in [2.24, 2.45) is 0 Å². The van der Waals surface area contributed by atoms with Crippen molar-refractivity contribution >= 4 is 11.6 Å². The zero-order valence-corrected chi connectivity index (χ0v) is 12.1. The molecule has 1 aromatic rings. The largest absolute Gasteiger partial charge is 0.315 e. The van der Waals surface area contributed by atoms with Gasteiger partial charge in [-0.3, -0.25) is 4.79 Å². The van der Waals surface area contributed by atoms with Gasteiger partial charge < -0.3 is 10.2 Å². The van der Waals surface area contributed by atoms with Crippen LogP contribution in [-0.4, -0.2) is 19.0 Å². The van der Waals surface area contributed by atoms with Crippen molar-refractivity contribution in [1.29, 1.82) is 0 Å². The second-order valence-corrected chi connectivity index (χ2v) is 5.48. The summed E-state index contributed by atoms with van der Waals surface area (Å²) in [6, 6.07) is 8.81. The number of carbonyl (C=O) groups excluding carboxylic acids is 1. The van der Waals surface area contributed by atoms with Crippen molar-refractivity contribution in [1.82, 2.24) is 5.32 Å². The number of nitrogens with zero attached hydrogens (tertiary/aromatic N) is 1. The van der Waals surface area contributed by atoms with E-state index in [2.05, 4.69) is 25.2 Å². The molecular formula is C16H24N2O. The third-order valence-corrected chi connectivity index (χ3v) is 3.90. The van der Waals surface area contributed by atoms with E-state index in [0.717, 1.165) is 5.69 Å². The van der Waals surface area contributed by atoms with Crippen molar-refractivity contribution < 1.29 is 4.79 Å². The Morgan fingerprint density at radius 3 is 2.89 bits per heavy atom. The van der Waals surface area contributed by atoms with Gasteiger partial charge in [0, 0.05) is 31.2 Å². The highest BCUT2D eigenvalue weighted by Gasteiger charge is 2.29. The third-order valence-electron chi connectivity index (χ3n) is 3.90. The second-order valence-electron chi connectivity index (χ2n) is 5.48. The zero-order valence-electron chi connectivity index (χ0n) is 12.1. The van der Waals surface area contributed by atoms with Crippen LogP contribution in [0.2, 0.25) is 0 Å². The second kappa shape index (κ2) is 6.20. The maximum atomic E-state index is 12.0. The third kappa shape index (κ3) is 3.16. The smallest absolute Gasteiger partial charge is 0.228 e. The lowest BCUT2D eigenvalue weighted by atomic mass is 9.95. The van der Waals surface area contributed by atoms with Gasteiger partial charge in [0.25, 0.3) is 0 Å². The van der Waals surface area contributed by atoms with Crippen molar-refractivity contribution in [3.8, 4) is 0 Å². The summed E-state index contributed by atoms with van der Waals surface area (Å²) in [7, 11) is 1.86. The Balaban J connectivity index is 2.13. The molecule has 1 aromatic carbocycles. The van der Waals surface area contributed by atoms with Gasteiger partial charge in [0.15, 0.2) is 0 Å². The lowest BCUT2D eigenvalue weighted by Gasteiger charge is -2.33. The van der Waals surface area contributed by atoms with Gasteiger partial charge in [-0.05, 0) is 25.0 Å². The van der Waals surface area contributed by atoms with E-state index >= 15 is 0 Å². The molecule has 1 aliphatic heterocycles. The van der Waals surface area contributed by atoms with Gasteiger partial charge in [-0.2, -0.15) is 0 Å². The van der Waals surface area contributed by atoms with Crippen molar-refractivity contribution in [3.05, 3.63) is 29.8 Å². The molecule has 1 N–H and O–H groups in total. The lowest BCUT2D eigenvalue weighted by Crippen LogP contribution is -2.40. The minimum atomic E-state index is 0.159. The predicted octanol–water partition coefficient (Wildman–Crippen LogP) is 3.26. The summed E-state index contributed by atoms with van der Waals surface area (Å²) in [6.07, 6.45) is 4.18. The molecule has 0 fully saturated rings. The Morgan fingerprint density at radius 1 is 1.42 bits per heavy atom. The molecule has 2 atom stereocenters. The SMILES string of the molecule is CCCCC(C)NC1CC(=O)N(C)c2ccccc21. The fraction of sp³-hybridized carbons (Fsp3) is 0.562. The molecule has 0 aromatic heterocycles. The van der Waals surface area contributed by atoms with Gasteiger partial charge in [0.1, 0.15) is 0 Å². The Kier molecular flexibility index (Phi) is 4.59. The van der Waals surface area contributed by atoms with E-state index in [1.807, 2.05) is 25.2 Å². The first kappa shape index (κ1) is 14.1. The number of rotatable bonds is 5. The average molecular weight is 260 g/mol. The number of benzene rings is 1. The van der Waals surface area contributed by atoms with Crippen LogP contribution in [0.4, 0.5) is 5.69 Å². The summed E-state index contributed by atoms with van der Waals surface area (Å²) in [4.78, 5) is 13.8. The number of para-hydroxylation sites is 1. The fourth-order valence-electron chi connectivity index (χ4n) is 2.73. The number of anilines is 1. The monoisotopic (exact) mass is 260 g/mol. The van der Waals surface area contributed by atoms with Gasteiger partial charge >= 0.3 is 0 Å². The highest BCUT2D eigenvalue weighted by molar-refractivity contribution is 5.96. The van der Waals surface area contributed by atoms with E-state index in [9.17, 15) is 4.79 Å². The Morgan fingerprint density at radius 2 is 2.16 bits per heavy atom. The van der Waals surface area contributed by atoms with Crippen molar-refractivity contribution in [2.75, 3.05) is 11.9 Å². The molecule has 0 spiro atoms. The molecule has 1 amide bonds. The van der Waals surface area contributed by atoms with E-state index in [-0.39, 0.29) is 11.9 Å². The van der Waals surface area contributed by atoms with Crippen molar-refractivity contribution in [3.63, 3.8) is 0 Å². The van der Waals surface area contributed by atoms with Gasteiger partial charge in [0.2, 0.25) is 5.91 Å². The van der Waals surface area contributed by atoms with Crippen LogP contribution in [0.15, 0.2) is 24.3 Å². The molecule has 0 radical (unpaired) electrons. The van der Waals surface area contributed by atoms with Crippen LogP contribution in [-0.2, 0) is 4.79 Å². The van der Waals surface area contributed by atoms with Crippen LogP contribution >= 0.6 is 0 Å². The number of amides is 1. The summed E-state index contributed by atoms with van der Waals surface area (Å²) in [5.41, 5.74) is 2.28. The molecule has 2 unspecified atom stereocenters. The Bertz CT molecular complexity index is 444. The van der Waals surface area contributed by atoms with Crippen LogP contribution < -0.4 is 10.2 Å². The van der Waals surface area contributed by atoms with E-state index in [1.165, 1.54) is 24.8 Å². The molecule has 0 saturated carbocycles. The molecule has 104 valence electrons. The highest BCUT2D eigenvalue weighted by Crippen LogP contribution is 2.33. The van der Waals surface area contributed by atoms with Gasteiger partial charge in [-0.25, -0.2) is 0 Å². The molecule has 1 aliphatic rings. The van der Waals surface area contributed by atoms with Crippen LogP contribution in [0.3, 0.4) is 0 Å². The lowest BCUT2D eigenvalue weighted by molar-refractivity contribution is -0.119. The van der Waals surface area contributed by atoms with Crippen LogP contribution in [0.5, 0.6) is 0 Å². The minimum Gasteiger partial charge on any atom is -0.315 e. The predicted molar refractivity (Wildman–Crippen MR) is 79.3 cm³/mol. The number of hydrogen-bond acceptors (Lipinski definition) is 2. The molecule has 2 rings (SSSR count). The van der Waals surface area contributed by atoms with E-state index in [0.29, 0.717) is 12.5 Å². The van der Waals surface area contributed by atoms with Gasteiger partial charge in [-0.1, -0.05) is 38.0 Å². The first-order valence-corrected chi connectivity index (χ1v) is 7.25. The molecule has 0 bridgehead atoms. The maximum Gasteiger partial charge on any atom is 0.228 e. The molecule has 3 nitrogen and oxygen atoms in total. The standard InChI is InChI=1S/C16H24N2O/c1-4-5-8-12(2)17-14-11-16(19)18(3)15-10-7-6-9-13(14)15/h6-7,9-10,12,14,17H,4-5,8,11H2,1-3H3. The number of hydrogen-bond donors (Lipinski definition) is 1. The summed E-state index contributed by atoms with van der Waals surface area (Å²) in [6.45, 7) is 4.42. The normalized spacial score (nSPS) is 20.3. The summed E-state index contributed by atoms with van der Waals surface area (Å²) < 4.78 is 0. The van der Waals surface area contributed by atoms with E-state index in [1.54, 1.807) is 4.90 Å². The molecule has 0 aliphatic carbocycles. The van der Waals surface area contributed by atoms with Crippen LogP contribution in [0.25, 0.3) is 0 Å². The number of carbonyl (C=O) groups is 1. The highest BCUT2D eigenvalue weighted by atomic mass is 16.2. The molecule has 1 heterocycles. The summed E-state index contributed by atoms with van der Waals surface area (Å²) in [5, 5.41) is 3.61. The first-order chi connectivity index (χ1) is 9.13. The van der Waals surface area contributed by atoms with Crippen molar-refractivity contribution in [2.45, 2.75) is 51.6 Å². The maximum absolute atomic E-state index is 12.0. The Labute approximate surface area is 116 Å². The first-order valence-electron chi connectivity index (χ1n) is 7.25. The summed E-state index contributed by atoms with van der Waals surface area (Å²) >= 11 is 0. The van der Waals surface area contributed by atoms with Gasteiger partial charge in [0.05, 0.1) is 0 Å². The topological polar surface area (TPSA) is 32.3 Å². The molecular weight excluding hydrogens is 236 g/mol. The zero-order chi connectivity index (χ0) is 13.8. The average Bonchev–Trinajstić information content (AvgIpc) is 2.42. The van der Waals surface area contributed by atoms with E-state index in [4.69, 9.17) is 0 Å². The van der Waals surface area contributed by atoms with Crippen LogP contribution in [0, 0.1) is 0 Å².